The number of oxime groups is 1. The van der Waals surface area contributed by atoms with Crippen molar-refractivity contribution in [1.82, 2.24) is 4.90 Å². The third-order valence-corrected chi connectivity index (χ3v) is 7.11. The zero-order chi connectivity index (χ0) is 28.6. The molecule has 5 heteroatoms. The van der Waals surface area contributed by atoms with Gasteiger partial charge in [0.05, 0.1) is 12.0 Å². The highest BCUT2D eigenvalue weighted by Crippen LogP contribution is 2.37. The second kappa shape index (κ2) is 17.9. The van der Waals surface area contributed by atoms with Crippen molar-refractivity contribution in [3.05, 3.63) is 66.0 Å². The number of aliphatic hydroxyl groups excluding tert-OH is 1. The highest BCUT2D eigenvalue weighted by atomic mass is 16.7. The Morgan fingerprint density at radius 2 is 1.87 bits per heavy atom. The molecule has 2 aliphatic heterocycles. The minimum atomic E-state index is -0.0985. The molecular formula is C33H54N2O3. The molecule has 0 bridgehead atoms. The van der Waals surface area contributed by atoms with Gasteiger partial charge in [0.1, 0.15) is 11.4 Å². The fraction of sp³-hybridized carbons (Fsp3) is 0.606. The van der Waals surface area contributed by atoms with Gasteiger partial charge in [-0.25, -0.2) is 0 Å². The van der Waals surface area contributed by atoms with E-state index in [1.54, 1.807) is 0 Å². The van der Waals surface area contributed by atoms with Crippen molar-refractivity contribution < 1.29 is 15.1 Å². The van der Waals surface area contributed by atoms with Crippen LogP contribution in [-0.4, -0.2) is 39.5 Å². The van der Waals surface area contributed by atoms with E-state index in [9.17, 15) is 5.11 Å². The number of nitrogens with zero attached hydrogens (tertiary/aromatic N) is 2. The van der Waals surface area contributed by atoms with Gasteiger partial charge in [0.15, 0.2) is 0 Å². The molecule has 5 nitrogen and oxygen atoms in total. The smallest absolute Gasteiger partial charge is 0.145 e. The number of likely N-dealkylation sites (tertiary alicyclic amines) is 1. The lowest BCUT2D eigenvalue weighted by Crippen LogP contribution is -2.44. The van der Waals surface area contributed by atoms with Gasteiger partial charge in [-0.05, 0) is 55.2 Å². The van der Waals surface area contributed by atoms with E-state index in [1.807, 2.05) is 19.9 Å². The Morgan fingerprint density at radius 3 is 2.45 bits per heavy atom. The standard InChI is InChI=1S/C29H44N2O2.C2H4O.C2H6/c1-6-9-23(5)10-8-11-26-20-29(33-30-26)14-16-31(17-15-29)21-24-12-13-28(32)27(19-24)25(7-2)18-22(3)4;1-2-3;1-2/h8-10,12-13,19,22,25,32H,6-7,11,14-18,20-21H2,1-5H3;2-3H,1H2;1-2H3/b10-8-,23-9-;;. The summed E-state index contributed by atoms with van der Waals surface area (Å²) in [6.45, 7) is 20.9. The summed E-state index contributed by atoms with van der Waals surface area (Å²) in [5.74, 6) is 1.50. The van der Waals surface area contributed by atoms with Crippen molar-refractivity contribution in [2.75, 3.05) is 13.1 Å². The summed E-state index contributed by atoms with van der Waals surface area (Å²) in [5.41, 5.74) is 4.80. The average molecular weight is 527 g/mol. The summed E-state index contributed by atoms with van der Waals surface area (Å²) in [5, 5.41) is 22.3. The first kappa shape index (κ1) is 33.5. The SMILES string of the molecule is C=CO.CC.CC/C=C(C)\C=C/CC1=NOC2(CCN(Cc3ccc(O)c(C(CC)CC(C)C)c3)CC2)C1. The first-order valence-corrected chi connectivity index (χ1v) is 14.6. The zero-order valence-corrected chi connectivity index (χ0v) is 25.2. The molecule has 1 unspecified atom stereocenters. The lowest BCUT2D eigenvalue weighted by molar-refractivity contribution is -0.0627. The molecule has 1 fully saturated rings. The molecule has 1 saturated heterocycles. The maximum Gasteiger partial charge on any atom is 0.145 e. The number of aromatic hydroxyl groups is 1. The first-order valence-electron chi connectivity index (χ1n) is 14.6. The summed E-state index contributed by atoms with van der Waals surface area (Å²) in [6, 6.07) is 6.22. The number of phenols is 1. The van der Waals surface area contributed by atoms with Crippen LogP contribution in [0.25, 0.3) is 0 Å². The monoisotopic (exact) mass is 526 g/mol. The molecule has 1 spiro atoms. The molecule has 0 saturated carbocycles. The predicted molar refractivity (Wildman–Crippen MR) is 163 cm³/mol. The van der Waals surface area contributed by atoms with Gasteiger partial charge < -0.3 is 15.1 Å². The molecule has 1 aromatic carbocycles. The minimum absolute atomic E-state index is 0.0985. The van der Waals surface area contributed by atoms with Crippen LogP contribution in [0.3, 0.4) is 0 Å². The van der Waals surface area contributed by atoms with Gasteiger partial charge in [0.2, 0.25) is 0 Å². The van der Waals surface area contributed by atoms with Crippen molar-refractivity contribution in [3.8, 4) is 5.75 Å². The highest BCUT2D eigenvalue weighted by molar-refractivity contribution is 5.87. The van der Waals surface area contributed by atoms with Crippen LogP contribution < -0.4 is 0 Å². The largest absolute Gasteiger partial charge is 0.516 e. The van der Waals surface area contributed by atoms with Crippen LogP contribution in [0, 0.1) is 5.92 Å². The van der Waals surface area contributed by atoms with Crippen molar-refractivity contribution in [2.45, 2.75) is 111 Å². The molecule has 0 aliphatic carbocycles. The first-order chi connectivity index (χ1) is 18.3. The van der Waals surface area contributed by atoms with Crippen LogP contribution in [0.4, 0.5) is 0 Å². The Labute approximate surface area is 233 Å². The molecule has 2 N–H and O–H groups in total. The number of aliphatic hydroxyl groups is 1. The number of rotatable bonds is 10. The van der Waals surface area contributed by atoms with Gasteiger partial charge in [-0.3, -0.25) is 4.90 Å². The van der Waals surface area contributed by atoms with Gasteiger partial charge in [0, 0.05) is 45.3 Å². The Morgan fingerprint density at radius 1 is 1.21 bits per heavy atom. The van der Waals surface area contributed by atoms with E-state index >= 15 is 0 Å². The Bertz CT molecular complexity index is 909. The molecule has 38 heavy (non-hydrogen) atoms. The number of hydrogen-bond donors (Lipinski definition) is 2. The molecule has 1 atom stereocenters. The molecule has 2 aliphatic rings. The number of phenolic OH excluding ortho intramolecular Hbond substituents is 1. The van der Waals surface area contributed by atoms with E-state index in [2.05, 4.69) is 81.6 Å². The van der Waals surface area contributed by atoms with Gasteiger partial charge in [0.25, 0.3) is 0 Å². The fourth-order valence-electron chi connectivity index (χ4n) is 5.23. The summed E-state index contributed by atoms with van der Waals surface area (Å²) in [4.78, 5) is 8.51. The van der Waals surface area contributed by atoms with Crippen LogP contribution in [0.1, 0.15) is 110 Å². The third-order valence-electron chi connectivity index (χ3n) is 7.11. The summed E-state index contributed by atoms with van der Waals surface area (Å²) >= 11 is 0. The minimum Gasteiger partial charge on any atom is -0.516 e. The maximum atomic E-state index is 10.5. The quantitative estimate of drug-likeness (QED) is 0.236. The Hall–Kier alpha value is -2.53. The molecule has 0 amide bonds. The second-order valence-electron chi connectivity index (χ2n) is 10.7. The molecule has 214 valence electrons. The van der Waals surface area contributed by atoms with Gasteiger partial charge in [-0.15, -0.1) is 0 Å². The topological polar surface area (TPSA) is 65.3 Å². The van der Waals surface area contributed by atoms with E-state index in [4.69, 9.17) is 9.94 Å². The van der Waals surface area contributed by atoms with Crippen LogP contribution in [0.2, 0.25) is 0 Å². The van der Waals surface area contributed by atoms with Crippen molar-refractivity contribution in [3.63, 3.8) is 0 Å². The van der Waals surface area contributed by atoms with Crippen LogP contribution in [0.5, 0.6) is 5.75 Å². The number of piperidine rings is 1. The van der Waals surface area contributed by atoms with E-state index in [1.165, 1.54) is 16.8 Å². The third kappa shape index (κ3) is 11.1. The normalized spacial score (nSPS) is 17.8. The average Bonchev–Trinajstić information content (AvgIpc) is 3.29. The molecule has 2 heterocycles. The van der Waals surface area contributed by atoms with Crippen molar-refractivity contribution >= 4 is 5.71 Å². The lowest BCUT2D eigenvalue weighted by Gasteiger charge is -2.37. The fourth-order valence-corrected chi connectivity index (χ4v) is 5.23. The highest BCUT2D eigenvalue weighted by Gasteiger charge is 2.41. The second-order valence-corrected chi connectivity index (χ2v) is 10.7. The van der Waals surface area contributed by atoms with Gasteiger partial charge >= 0.3 is 0 Å². The number of allylic oxidation sites excluding steroid dienone is 4. The molecule has 1 aromatic rings. The zero-order valence-electron chi connectivity index (χ0n) is 25.2. The van der Waals surface area contributed by atoms with E-state index in [-0.39, 0.29) is 5.60 Å². The Balaban J connectivity index is 0.00000135. The summed E-state index contributed by atoms with van der Waals surface area (Å²) in [7, 11) is 0. The van der Waals surface area contributed by atoms with E-state index in [0.717, 1.165) is 76.4 Å². The molecular weight excluding hydrogens is 472 g/mol. The van der Waals surface area contributed by atoms with E-state index in [0.29, 0.717) is 17.6 Å². The number of benzene rings is 1. The molecule has 3 rings (SSSR count). The molecule has 0 radical (unpaired) electrons. The maximum absolute atomic E-state index is 10.5. The van der Waals surface area contributed by atoms with Crippen molar-refractivity contribution in [1.29, 1.82) is 0 Å². The van der Waals surface area contributed by atoms with Crippen LogP contribution in [-0.2, 0) is 11.4 Å². The Kier molecular flexibility index (Phi) is 15.8. The van der Waals surface area contributed by atoms with Crippen LogP contribution in [0.15, 0.2) is 60.0 Å². The summed E-state index contributed by atoms with van der Waals surface area (Å²) < 4.78 is 0. The number of hydrogen-bond acceptors (Lipinski definition) is 5. The molecule has 0 aromatic heterocycles. The van der Waals surface area contributed by atoms with Crippen molar-refractivity contribution in [2.24, 2.45) is 11.1 Å². The van der Waals surface area contributed by atoms with E-state index < -0.39 is 0 Å². The lowest BCUT2D eigenvalue weighted by atomic mass is 9.85. The summed E-state index contributed by atoms with van der Waals surface area (Å²) in [6.07, 6.45) is 14.5. The van der Waals surface area contributed by atoms with Gasteiger partial charge in [-0.2, -0.15) is 0 Å². The predicted octanol–water partition coefficient (Wildman–Crippen LogP) is 9.06. The van der Waals surface area contributed by atoms with Crippen LogP contribution >= 0.6 is 0 Å². The van der Waals surface area contributed by atoms with Gasteiger partial charge in [-0.1, -0.05) is 89.2 Å².